The van der Waals surface area contributed by atoms with E-state index in [0.717, 1.165) is 37.0 Å². The average molecular weight is 276 g/mol. The molecule has 1 fully saturated rings. The molecule has 20 heavy (non-hydrogen) atoms. The summed E-state index contributed by atoms with van der Waals surface area (Å²) in [7, 11) is 3.54. The van der Waals surface area contributed by atoms with Gasteiger partial charge in [0.2, 0.25) is 5.91 Å². The quantitative estimate of drug-likeness (QED) is 0.892. The number of ether oxygens (including phenoxy) is 1. The number of para-hydroxylation sites is 1. The second-order valence-electron chi connectivity index (χ2n) is 5.52. The van der Waals surface area contributed by atoms with E-state index in [0.29, 0.717) is 6.54 Å². The Balaban J connectivity index is 1.91. The third kappa shape index (κ3) is 3.31. The molecule has 1 amide bonds. The molecule has 2 rings (SSSR count). The van der Waals surface area contributed by atoms with Gasteiger partial charge in [0.1, 0.15) is 5.75 Å². The Bertz CT molecular complexity index is 462. The van der Waals surface area contributed by atoms with Crippen LogP contribution < -0.4 is 10.5 Å². The molecule has 1 saturated carbocycles. The van der Waals surface area contributed by atoms with E-state index in [9.17, 15) is 4.79 Å². The highest BCUT2D eigenvalue weighted by molar-refractivity contribution is 5.79. The number of rotatable bonds is 5. The number of carbonyl (C=O) groups is 1. The van der Waals surface area contributed by atoms with Gasteiger partial charge in [0, 0.05) is 19.6 Å². The minimum atomic E-state index is 0.0117. The van der Waals surface area contributed by atoms with Crippen LogP contribution in [0.15, 0.2) is 24.3 Å². The van der Waals surface area contributed by atoms with Crippen LogP contribution in [-0.2, 0) is 11.2 Å². The fourth-order valence-corrected chi connectivity index (χ4v) is 2.89. The standard InChI is InChI=1S/C16H24N2O2/c1-18(16(19)13-7-5-8-14(13)17)11-10-12-6-3-4-9-15(12)20-2/h3-4,6,9,13-14H,5,7-8,10-11,17H2,1-2H3/t13-,14-/m1/s1. The van der Waals surface area contributed by atoms with Crippen molar-refractivity contribution < 1.29 is 9.53 Å². The van der Waals surface area contributed by atoms with E-state index in [2.05, 4.69) is 0 Å². The van der Waals surface area contributed by atoms with Crippen molar-refractivity contribution in [2.45, 2.75) is 31.7 Å². The molecule has 0 bridgehead atoms. The Labute approximate surface area is 120 Å². The van der Waals surface area contributed by atoms with Crippen LogP contribution in [-0.4, -0.2) is 37.6 Å². The first kappa shape index (κ1) is 14.9. The second kappa shape index (κ2) is 6.75. The van der Waals surface area contributed by atoms with Crippen LogP contribution in [0, 0.1) is 5.92 Å². The van der Waals surface area contributed by atoms with Gasteiger partial charge >= 0.3 is 0 Å². The van der Waals surface area contributed by atoms with E-state index in [1.807, 2.05) is 36.2 Å². The summed E-state index contributed by atoms with van der Waals surface area (Å²) in [6.07, 6.45) is 3.77. The normalized spacial score (nSPS) is 21.8. The Kier molecular flexibility index (Phi) is 5.01. The lowest BCUT2D eigenvalue weighted by atomic mass is 10.0. The van der Waals surface area contributed by atoms with Crippen molar-refractivity contribution in [1.82, 2.24) is 4.90 Å². The summed E-state index contributed by atoms with van der Waals surface area (Å²) < 4.78 is 5.33. The Morgan fingerprint density at radius 1 is 1.40 bits per heavy atom. The van der Waals surface area contributed by atoms with Crippen molar-refractivity contribution in [2.75, 3.05) is 20.7 Å². The smallest absolute Gasteiger partial charge is 0.226 e. The molecule has 0 spiro atoms. The van der Waals surface area contributed by atoms with E-state index in [1.165, 1.54) is 0 Å². The first-order valence-electron chi connectivity index (χ1n) is 7.26. The van der Waals surface area contributed by atoms with Crippen LogP contribution in [0.25, 0.3) is 0 Å². The minimum absolute atomic E-state index is 0.0117. The third-order valence-electron chi connectivity index (χ3n) is 4.17. The van der Waals surface area contributed by atoms with E-state index in [1.54, 1.807) is 7.11 Å². The molecule has 1 aromatic rings. The van der Waals surface area contributed by atoms with Gasteiger partial charge in [-0.15, -0.1) is 0 Å². The summed E-state index contributed by atoms with van der Waals surface area (Å²) in [5, 5.41) is 0. The molecule has 110 valence electrons. The van der Waals surface area contributed by atoms with Crippen LogP contribution in [0.3, 0.4) is 0 Å². The molecule has 2 atom stereocenters. The van der Waals surface area contributed by atoms with Gasteiger partial charge in [0.25, 0.3) is 0 Å². The number of carbonyl (C=O) groups excluding carboxylic acids is 1. The Hall–Kier alpha value is -1.55. The monoisotopic (exact) mass is 276 g/mol. The highest BCUT2D eigenvalue weighted by Crippen LogP contribution is 2.26. The van der Waals surface area contributed by atoms with Crippen LogP contribution in [0.2, 0.25) is 0 Å². The highest BCUT2D eigenvalue weighted by Gasteiger charge is 2.31. The maximum absolute atomic E-state index is 12.3. The van der Waals surface area contributed by atoms with Crippen molar-refractivity contribution in [1.29, 1.82) is 0 Å². The minimum Gasteiger partial charge on any atom is -0.496 e. The summed E-state index contributed by atoms with van der Waals surface area (Å²) >= 11 is 0. The molecule has 1 aliphatic carbocycles. The molecule has 1 aromatic carbocycles. The Morgan fingerprint density at radius 2 is 2.15 bits per heavy atom. The van der Waals surface area contributed by atoms with Crippen molar-refractivity contribution in [3.05, 3.63) is 29.8 Å². The topological polar surface area (TPSA) is 55.6 Å². The second-order valence-corrected chi connectivity index (χ2v) is 5.52. The maximum atomic E-state index is 12.3. The van der Waals surface area contributed by atoms with Gasteiger partial charge < -0.3 is 15.4 Å². The third-order valence-corrected chi connectivity index (χ3v) is 4.17. The largest absolute Gasteiger partial charge is 0.496 e. The lowest BCUT2D eigenvalue weighted by Crippen LogP contribution is -2.40. The zero-order valence-corrected chi connectivity index (χ0v) is 12.3. The lowest BCUT2D eigenvalue weighted by molar-refractivity contribution is -0.134. The molecular formula is C16H24N2O2. The molecule has 1 aliphatic rings. The zero-order valence-electron chi connectivity index (χ0n) is 12.3. The summed E-state index contributed by atoms with van der Waals surface area (Å²) in [6.45, 7) is 0.697. The number of amides is 1. The number of methoxy groups -OCH3 is 1. The SMILES string of the molecule is COc1ccccc1CCN(C)C(=O)[C@@H]1CCC[C@H]1N. The van der Waals surface area contributed by atoms with Crippen LogP contribution >= 0.6 is 0 Å². The molecule has 0 radical (unpaired) electrons. The number of nitrogens with zero attached hydrogens (tertiary/aromatic N) is 1. The number of likely N-dealkylation sites (N-methyl/N-ethyl adjacent to an activating group) is 1. The fourth-order valence-electron chi connectivity index (χ4n) is 2.89. The van der Waals surface area contributed by atoms with Crippen LogP contribution in [0.1, 0.15) is 24.8 Å². The first-order chi connectivity index (χ1) is 9.63. The molecule has 4 heteroatoms. The van der Waals surface area contributed by atoms with Gasteiger partial charge in [-0.3, -0.25) is 4.79 Å². The Morgan fingerprint density at radius 3 is 2.80 bits per heavy atom. The predicted molar refractivity (Wildman–Crippen MR) is 79.7 cm³/mol. The van der Waals surface area contributed by atoms with Crippen molar-refractivity contribution in [2.24, 2.45) is 11.7 Å². The number of nitrogens with two attached hydrogens (primary N) is 1. The highest BCUT2D eigenvalue weighted by atomic mass is 16.5. The molecular weight excluding hydrogens is 252 g/mol. The van der Waals surface area contributed by atoms with E-state index < -0.39 is 0 Å². The van der Waals surface area contributed by atoms with Gasteiger partial charge in [-0.2, -0.15) is 0 Å². The number of hydrogen-bond acceptors (Lipinski definition) is 3. The fraction of sp³-hybridized carbons (Fsp3) is 0.562. The van der Waals surface area contributed by atoms with Crippen LogP contribution in [0.4, 0.5) is 0 Å². The number of benzene rings is 1. The zero-order chi connectivity index (χ0) is 14.5. The van der Waals surface area contributed by atoms with Gasteiger partial charge in [-0.1, -0.05) is 24.6 Å². The first-order valence-corrected chi connectivity index (χ1v) is 7.26. The van der Waals surface area contributed by atoms with Crippen LogP contribution in [0.5, 0.6) is 5.75 Å². The van der Waals surface area contributed by atoms with Crippen molar-refractivity contribution in [3.63, 3.8) is 0 Å². The summed E-state index contributed by atoms with van der Waals surface area (Å²) in [4.78, 5) is 14.2. The van der Waals surface area contributed by atoms with Crippen molar-refractivity contribution >= 4 is 5.91 Å². The van der Waals surface area contributed by atoms with Gasteiger partial charge in [-0.05, 0) is 30.9 Å². The molecule has 0 aliphatic heterocycles. The van der Waals surface area contributed by atoms with E-state index >= 15 is 0 Å². The molecule has 0 unspecified atom stereocenters. The van der Waals surface area contributed by atoms with Crippen molar-refractivity contribution in [3.8, 4) is 5.75 Å². The molecule has 0 aromatic heterocycles. The van der Waals surface area contributed by atoms with E-state index in [-0.39, 0.29) is 17.9 Å². The number of hydrogen-bond donors (Lipinski definition) is 1. The molecule has 4 nitrogen and oxygen atoms in total. The lowest BCUT2D eigenvalue weighted by Gasteiger charge is -2.23. The molecule has 0 saturated heterocycles. The van der Waals surface area contributed by atoms with Gasteiger partial charge in [-0.25, -0.2) is 0 Å². The average Bonchev–Trinajstić information content (AvgIpc) is 2.90. The predicted octanol–water partition coefficient (Wildman–Crippen LogP) is 1.82. The van der Waals surface area contributed by atoms with Gasteiger partial charge in [0.05, 0.1) is 13.0 Å². The maximum Gasteiger partial charge on any atom is 0.226 e. The summed E-state index contributed by atoms with van der Waals surface area (Å²) in [5.41, 5.74) is 7.13. The summed E-state index contributed by atoms with van der Waals surface area (Å²) in [6, 6.07) is 7.97. The van der Waals surface area contributed by atoms with E-state index in [4.69, 9.17) is 10.5 Å². The van der Waals surface area contributed by atoms with Gasteiger partial charge in [0.15, 0.2) is 0 Å². The molecule has 0 heterocycles. The molecule has 2 N–H and O–H groups in total. The summed E-state index contributed by atoms with van der Waals surface area (Å²) in [5.74, 6) is 1.08.